The van der Waals surface area contributed by atoms with Crippen LogP contribution < -0.4 is 4.72 Å². The second-order valence-corrected chi connectivity index (χ2v) is 6.22. The molecule has 0 spiro atoms. The average Bonchev–Trinajstić information content (AvgIpc) is 2.90. The van der Waals surface area contributed by atoms with Crippen molar-refractivity contribution >= 4 is 10.0 Å². The summed E-state index contributed by atoms with van der Waals surface area (Å²) < 4.78 is 28.7. The lowest BCUT2D eigenvalue weighted by atomic mass is 10.3. The highest BCUT2D eigenvalue weighted by molar-refractivity contribution is 7.89. The summed E-state index contributed by atoms with van der Waals surface area (Å²) in [4.78, 5) is 0.00143. The fourth-order valence-electron chi connectivity index (χ4n) is 2.00. The van der Waals surface area contributed by atoms with Crippen molar-refractivity contribution in [3.8, 4) is 0 Å². The fraction of sp³-hybridized carbons (Fsp3) is 0.455. The Morgan fingerprint density at radius 1 is 1.45 bits per heavy atom. The summed E-state index contributed by atoms with van der Waals surface area (Å²) in [5.41, 5.74) is 2.06. The first-order chi connectivity index (χ1) is 9.35. The summed E-state index contributed by atoms with van der Waals surface area (Å²) in [6.07, 6.45) is 1.76. The van der Waals surface area contributed by atoms with Gasteiger partial charge in [-0.1, -0.05) is 0 Å². The summed E-state index contributed by atoms with van der Waals surface area (Å²) in [5, 5.41) is 19.6. The lowest BCUT2D eigenvalue weighted by Gasteiger charge is -2.06. The summed E-state index contributed by atoms with van der Waals surface area (Å²) in [5.74, 6) is 0. The second kappa shape index (κ2) is 5.35. The third-order valence-electron chi connectivity index (χ3n) is 2.95. The Kier molecular flexibility index (Phi) is 3.93. The molecule has 0 amide bonds. The molecule has 2 aromatic rings. The van der Waals surface area contributed by atoms with Gasteiger partial charge < -0.3 is 5.11 Å². The van der Waals surface area contributed by atoms with E-state index in [0.29, 0.717) is 5.69 Å². The number of aliphatic hydroxyl groups is 1. The van der Waals surface area contributed by atoms with E-state index >= 15 is 0 Å². The summed E-state index contributed by atoms with van der Waals surface area (Å²) in [6, 6.07) is 0. The summed E-state index contributed by atoms with van der Waals surface area (Å²) >= 11 is 0. The number of aliphatic hydroxyl groups excluding tert-OH is 1. The quantitative estimate of drug-likeness (QED) is 0.703. The van der Waals surface area contributed by atoms with Gasteiger partial charge in [-0.2, -0.15) is 10.2 Å². The number of H-pyrrole nitrogens is 1. The van der Waals surface area contributed by atoms with Crippen molar-refractivity contribution in [1.82, 2.24) is 24.7 Å². The molecule has 0 atom stereocenters. The number of nitrogens with zero attached hydrogens (tertiary/aromatic N) is 3. The van der Waals surface area contributed by atoms with Gasteiger partial charge in [-0.25, -0.2) is 13.1 Å². The first kappa shape index (κ1) is 14.7. The first-order valence-electron chi connectivity index (χ1n) is 5.98. The Labute approximate surface area is 116 Å². The third kappa shape index (κ3) is 2.74. The number of hydrogen-bond donors (Lipinski definition) is 3. The molecule has 110 valence electrons. The Hall–Kier alpha value is -1.71. The van der Waals surface area contributed by atoms with Crippen molar-refractivity contribution in [3.63, 3.8) is 0 Å². The highest BCUT2D eigenvalue weighted by atomic mass is 32.2. The molecule has 0 radical (unpaired) electrons. The minimum Gasteiger partial charge on any atom is -0.390 e. The molecule has 3 N–H and O–H groups in total. The van der Waals surface area contributed by atoms with E-state index in [1.54, 1.807) is 24.9 Å². The van der Waals surface area contributed by atoms with Gasteiger partial charge in [0.15, 0.2) is 0 Å². The van der Waals surface area contributed by atoms with Gasteiger partial charge in [-0.15, -0.1) is 0 Å². The number of aromatic nitrogens is 4. The van der Waals surface area contributed by atoms with E-state index in [1.165, 1.54) is 0 Å². The van der Waals surface area contributed by atoms with E-state index in [1.807, 2.05) is 6.92 Å². The topological polar surface area (TPSA) is 113 Å². The molecule has 2 rings (SSSR count). The lowest BCUT2D eigenvalue weighted by Crippen LogP contribution is -2.24. The molecule has 0 aliphatic rings. The van der Waals surface area contributed by atoms with Crippen LogP contribution in [0, 0.1) is 13.8 Å². The van der Waals surface area contributed by atoms with Crippen LogP contribution >= 0.6 is 0 Å². The molecule has 2 aromatic heterocycles. The maximum Gasteiger partial charge on any atom is 0.244 e. The van der Waals surface area contributed by atoms with Crippen molar-refractivity contribution < 1.29 is 13.5 Å². The van der Waals surface area contributed by atoms with Gasteiger partial charge in [0, 0.05) is 25.4 Å². The van der Waals surface area contributed by atoms with Crippen LogP contribution in [0.2, 0.25) is 0 Å². The normalized spacial score (nSPS) is 12.0. The first-order valence-corrected chi connectivity index (χ1v) is 7.47. The monoisotopic (exact) mass is 299 g/mol. The van der Waals surface area contributed by atoms with E-state index in [-0.39, 0.29) is 17.1 Å². The maximum absolute atomic E-state index is 12.3. The van der Waals surface area contributed by atoms with Crippen molar-refractivity contribution in [3.05, 3.63) is 28.8 Å². The van der Waals surface area contributed by atoms with E-state index in [9.17, 15) is 8.42 Å². The minimum atomic E-state index is -3.74. The van der Waals surface area contributed by atoms with Gasteiger partial charge in [0.2, 0.25) is 10.0 Å². The number of nitrogens with one attached hydrogen (secondary N) is 2. The predicted molar refractivity (Wildman–Crippen MR) is 71.2 cm³/mol. The van der Waals surface area contributed by atoms with Gasteiger partial charge in [-0.3, -0.25) is 9.78 Å². The Morgan fingerprint density at radius 3 is 2.70 bits per heavy atom. The number of rotatable bonds is 5. The molecular formula is C11H17N5O3S. The Bertz CT molecular complexity index is 716. The molecule has 0 unspecified atom stereocenters. The number of aromatic amines is 1. The molecule has 0 fully saturated rings. The van der Waals surface area contributed by atoms with Crippen LogP contribution in [-0.2, 0) is 30.2 Å². The number of sulfonamides is 1. The molecule has 20 heavy (non-hydrogen) atoms. The molecule has 0 saturated heterocycles. The van der Waals surface area contributed by atoms with E-state index < -0.39 is 16.6 Å². The standard InChI is InChI=1S/C11H17N5O3S/c1-7-9(5-16(3)15-7)4-12-20(18,19)11-8(2)13-14-10(11)6-17/h5,12,17H,4,6H2,1-3H3,(H,13,14). The number of aryl methyl sites for hydroxylation is 3. The molecule has 0 aliphatic heterocycles. The summed E-state index contributed by atoms with van der Waals surface area (Å²) in [6.45, 7) is 3.10. The van der Waals surface area contributed by atoms with Gasteiger partial charge in [-0.05, 0) is 13.8 Å². The molecule has 0 aliphatic carbocycles. The van der Waals surface area contributed by atoms with Crippen LogP contribution in [0.1, 0.15) is 22.6 Å². The number of hydrogen-bond acceptors (Lipinski definition) is 5. The van der Waals surface area contributed by atoms with Crippen LogP contribution in [0.4, 0.5) is 0 Å². The fourth-order valence-corrected chi connectivity index (χ4v) is 3.36. The molecule has 0 saturated carbocycles. The minimum absolute atomic E-state index is 0.00143. The van der Waals surface area contributed by atoms with Crippen molar-refractivity contribution in [2.24, 2.45) is 7.05 Å². The van der Waals surface area contributed by atoms with Crippen molar-refractivity contribution in [2.75, 3.05) is 0 Å². The molecule has 9 heteroatoms. The van der Waals surface area contributed by atoms with Gasteiger partial charge >= 0.3 is 0 Å². The van der Waals surface area contributed by atoms with Crippen LogP contribution in [0.25, 0.3) is 0 Å². The van der Waals surface area contributed by atoms with Crippen LogP contribution in [-0.4, -0.2) is 33.5 Å². The van der Waals surface area contributed by atoms with Crippen LogP contribution in [0.15, 0.2) is 11.1 Å². The molecule has 0 aromatic carbocycles. The van der Waals surface area contributed by atoms with Crippen molar-refractivity contribution in [1.29, 1.82) is 0 Å². The molecule has 8 nitrogen and oxygen atoms in total. The molecule has 2 heterocycles. The zero-order chi connectivity index (χ0) is 14.9. The smallest absolute Gasteiger partial charge is 0.244 e. The zero-order valence-corrected chi connectivity index (χ0v) is 12.3. The van der Waals surface area contributed by atoms with Crippen LogP contribution in [0.3, 0.4) is 0 Å². The van der Waals surface area contributed by atoms with Gasteiger partial charge in [0.25, 0.3) is 0 Å². The van der Waals surface area contributed by atoms with Gasteiger partial charge in [0.05, 0.1) is 18.0 Å². The second-order valence-electron chi connectivity index (χ2n) is 4.52. The SMILES string of the molecule is Cc1nn(C)cc1CNS(=O)(=O)c1c(CO)n[nH]c1C. The van der Waals surface area contributed by atoms with Crippen molar-refractivity contribution in [2.45, 2.75) is 31.9 Å². The maximum atomic E-state index is 12.3. The predicted octanol–water partition coefficient (Wildman–Crippen LogP) is -0.269. The van der Waals surface area contributed by atoms with E-state index in [0.717, 1.165) is 11.3 Å². The largest absolute Gasteiger partial charge is 0.390 e. The van der Waals surface area contributed by atoms with E-state index in [4.69, 9.17) is 5.11 Å². The van der Waals surface area contributed by atoms with Gasteiger partial charge in [0.1, 0.15) is 10.6 Å². The highest BCUT2D eigenvalue weighted by Gasteiger charge is 2.24. The highest BCUT2D eigenvalue weighted by Crippen LogP contribution is 2.18. The molecular weight excluding hydrogens is 282 g/mol. The Balaban J connectivity index is 2.23. The average molecular weight is 299 g/mol. The Morgan fingerprint density at radius 2 is 2.15 bits per heavy atom. The van der Waals surface area contributed by atoms with Crippen LogP contribution in [0.5, 0.6) is 0 Å². The lowest BCUT2D eigenvalue weighted by molar-refractivity contribution is 0.273. The van der Waals surface area contributed by atoms with E-state index in [2.05, 4.69) is 20.0 Å². The summed E-state index contributed by atoms with van der Waals surface area (Å²) in [7, 11) is -1.96. The zero-order valence-electron chi connectivity index (χ0n) is 11.5. The molecule has 0 bridgehead atoms. The third-order valence-corrected chi connectivity index (χ3v) is 4.55.